The highest BCUT2D eigenvalue weighted by atomic mass is 16.5. The summed E-state index contributed by atoms with van der Waals surface area (Å²) >= 11 is 0. The van der Waals surface area contributed by atoms with Gasteiger partial charge >= 0.3 is 0 Å². The molecule has 1 atom stereocenters. The number of piperazine rings is 1. The third-order valence-corrected chi connectivity index (χ3v) is 6.00. The summed E-state index contributed by atoms with van der Waals surface area (Å²) in [5.74, 6) is 1.48. The molecule has 5 heteroatoms. The molecule has 0 aromatic heterocycles. The fourth-order valence-corrected chi connectivity index (χ4v) is 4.26. The van der Waals surface area contributed by atoms with E-state index in [0.717, 1.165) is 50.6 Å². The van der Waals surface area contributed by atoms with Crippen molar-refractivity contribution in [1.29, 1.82) is 0 Å². The highest BCUT2D eigenvalue weighted by Crippen LogP contribution is 2.30. The third-order valence-electron chi connectivity index (χ3n) is 6.00. The third kappa shape index (κ3) is 4.73. The number of ether oxygens (including phenoxy) is 1. The molecule has 0 radical (unpaired) electrons. The molecule has 1 amide bonds. The average Bonchev–Trinajstić information content (AvgIpc) is 2.76. The second-order valence-corrected chi connectivity index (χ2v) is 8.28. The van der Waals surface area contributed by atoms with Crippen molar-refractivity contribution in [2.75, 3.05) is 56.2 Å². The van der Waals surface area contributed by atoms with Gasteiger partial charge in [0.15, 0.2) is 0 Å². The number of carbonyl (C=O) groups is 1. The van der Waals surface area contributed by atoms with E-state index in [0.29, 0.717) is 18.9 Å². The molecule has 29 heavy (non-hydrogen) atoms. The van der Waals surface area contributed by atoms with Gasteiger partial charge in [0.2, 0.25) is 5.91 Å². The molecule has 0 spiro atoms. The topological polar surface area (TPSA) is 36.0 Å². The number of carbonyl (C=O) groups excluding carboxylic acids is 1. The van der Waals surface area contributed by atoms with Crippen molar-refractivity contribution in [2.24, 2.45) is 5.92 Å². The summed E-state index contributed by atoms with van der Waals surface area (Å²) in [7, 11) is 1.85. The molecule has 0 saturated carbocycles. The Morgan fingerprint density at radius 3 is 2.52 bits per heavy atom. The van der Waals surface area contributed by atoms with E-state index < -0.39 is 0 Å². The van der Waals surface area contributed by atoms with Crippen molar-refractivity contribution in [1.82, 2.24) is 4.90 Å². The van der Waals surface area contributed by atoms with E-state index in [-0.39, 0.29) is 5.91 Å². The Morgan fingerprint density at radius 2 is 1.76 bits per heavy atom. The second kappa shape index (κ2) is 8.87. The van der Waals surface area contributed by atoms with Gasteiger partial charge in [-0.1, -0.05) is 31.2 Å². The van der Waals surface area contributed by atoms with Crippen LogP contribution >= 0.6 is 0 Å². The Morgan fingerprint density at radius 1 is 1.00 bits per heavy atom. The van der Waals surface area contributed by atoms with E-state index in [1.807, 2.05) is 19.2 Å². The quantitative estimate of drug-likeness (QED) is 0.753. The summed E-state index contributed by atoms with van der Waals surface area (Å²) in [5.41, 5.74) is 3.53. The van der Waals surface area contributed by atoms with Crippen molar-refractivity contribution in [3.05, 3.63) is 54.1 Å². The van der Waals surface area contributed by atoms with E-state index in [2.05, 4.69) is 53.1 Å². The Bertz CT molecular complexity index is 831. The molecule has 2 aromatic rings. The fourth-order valence-electron chi connectivity index (χ4n) is 4.26. The molecule has 1 fully saturated rings. The number of hydrogen-bond donors (Lipinski definition) is 0. The number of aryl methyl sites for hydroxylation is 1. The minimum absolute atomic E-state index is 0.178. The van der Waals surface area contributed by atoms with Gasteiger partial charge in [-0.2, -0.15) is 0 Å². The Balaban J connectivity index is 1.25. The first-order valence-corrected chi connectivity index (χ1v) is 10.6. The van der Waals surface area contributed by atoms with Crippen LogP contribution in [-0.4, -0.2) is 57.2 Å². The zero-order valence-corrected chi connectivity index (χ0v) is 17.5. The Hall–Kier alpha value is -2.53. The maximum Gasteiger partial charge on any atom is 0.227 e. The van der Waals surface area contributed by atoms with Crippen LogP contribution in [0.1, 0.15) is 18.9 Å². The minimum Gasteiger partial charge on any atom is -0.493 e. The number of hydrogen-bond acceptors (Lipinski definition) is 4. The Kier molecular flexibility index (Phi) is 6.05. The van der Waals surface area contributed by atoms with Gasteiger partial charge in [0, 0.05) is 63.9 Å². The highest BCUT2D eigenvalue weighted by molar-refractivity contribution is 5.96. The number of nitrogens with zero attached hydrogens (tertiary/aromatic N) is 3. The first kappa shape index (κ1) is 19.8. The van der Waals surface area contributed by atoms with Crippen molar-refractivity contribution in [3.63, 3.8) is 0 Å². The molecule has 1 saturated heterocycles. The molecular weight excluding hydrogens is 362 g/mol. The van der Waals surface area contributed by atoms with Gasteiger partial charge in [-0.3, -0.25) is 9.69 Å². The van der Waals surface area contributed by atoms with E-state index in [1.165, 1.54) is 11.3 Å². The van der Waals surface area contributed by atoms with Gasteiger partial charge in [0.05, 0.1) is 12.3 Å². The first-order chi connectivity index (χ1) is 14.1. The van der Waals surface area contributed by atoms with E-state index in [1.54, 1.807) is 4.90 Å². The molecule has 1 unspecified atom stereocenters. The molecule has 154 valence electrons. The van der Waals surface area contributed by atoms with Crippen LogP contribution in [-0.2, 0) is 11.2 Å². The van der Waals surface area contributed by atoms with Gasteiger partial charge in [-0.05, 0) is 30.2 Å². The van der Waals surface area contributed by atoms with Gasteiger partial charge < -0.3 is 14.5 Å². The monoisotopic (exact) mass is 393 g/mol. The van der Waals surface area contributed by atoms with Crippen molar-refractivity contribution in [2.45, 2.75) is 19.8 Å². The lowest BCUT2D eigenvalue weighted by Gasteiger charge is -2.37. The number of rotatable bonds is 6. The normalized spacial score (nSPS) is 18.5. The lowest BCUT2D eigenvalue weighted by molar-refractivity contribution is -0.118. The highest BCUT2D eigenvalue weighted by Gasteiger charge is 2.22. The van der Waals surface area contributed by atoms with Crippen LogP contribution in [0.25, 0.3) is 0 Å². The average molecular weight is 394 g/mol. The lowest BCUT2D eigenvalue weighted by Crippen LogP contribution is -2.48. The first-order valence-electron chi connectivity index (χ1n) is 10.6. The maximum atomic E-state index is 11.9. The van der Waals surface area contributed by atoms with Gasteiger partial charge in [-0.25, -0.2) is 0 Å². The number of amides is 1. The van der Waals surface area contributed by atoms with Crippen molar-refractivity contribution < 1.29 is 9.53 Å². The van der Waals surface area contributed by atoms with Crippen LogP contribution in [0, 0.1) is 5.92 Å². The standard InChI is InChI=1S/C24H31N3O2/c1-19(17-26-12-14-27(15-13-26)21-6-4-3-5-7-21)18-29-22-10-8-20-9-11-24(28)25(2)23(20)16-22/h3-8,10,16,19H,9,11-15,17-18H2,1-2H3. The minimum atomic E-state index is 0.178. The fraction of sp³-hybridized carbons (Fsp3) is 0.458. The van der Waals surface area contributed by atoms with Gasteiger partial charge in [0.1, 0.15) is 5.75 Å². The van der Waals surface area contributed by atoms with Crippen molar-refractivity contribution in [3.8, 4) is 5.75 Å². The molecule has 0 N–H and O–H groups in total. The zero-order valence-electron chi connectivity index (χ0n) is 17.5. The molecule has 2 aromatic carbocycles. The molecule has 2 heterocycles. The van der Waals surface area contributed by atoms with E-state index in [4.69, 9.17) is 4.74 Å². The van der Waals surface area contributed by atoms with Crippen molar-refractivity contribution >= 4 is 17.3 Å². The predicted octanol–water partition coefficient (Wildman–Crippen LogP) is 3.43. The number of anilines is 2. The Labute approximate surface area is 173 Å². The zero-order chi connectivity index (χ0) is 20.2. The predicted molar refractivity (Wildman–Crippen MR) is 118 cm³/mol. The maximum absolute atomic E-state index is 11.9. The largest absolute Gasteiger partial charge is 0.493 e. The molecule has 4 rings (SSSR count). The molecule has 0 bridgehead atoms. The van der Waals surface area contributed by atoms with E-state index in [9.17, 15) is 4.79 Å². The van der Waals surface area contributed by atoms with Crippen LogP contribution in [0.4, 0.5) is 11.4 Å². The molecular formula is C24H31N3O2. The summed E-state index contributed by atoms with van der Waals surface area (Å²) < 4.78 is 6.07. The summed E-state index contributed by atoms with van der Waals surface area (Å²) in [6.07, 6.45) is 1.42. The van der Waals surface area contributed by atoms with Crippen LogP contribution in [0.15, 0.2) is 48.5 Å². The van der Waals surface area contributed by atoms with E-state index >= 15 is 0 Å². The number of fused-ring (bicyclic) bond motifs is 1. The van der Waals surface area contributed by atoms with Crippen LogP contribution in [0.2, 0.25) is 0 Å². The van der Waals surface area contributed by atoms with Gasteiger partial charge in [0.25, 0.3) is 0 Å². The van der Waals surface area contributed by atoms with Crippen LogP contribution in [0.5, 0.6) is 5.75 Å². The summed E-state index contributed by atoms with van der Waals surface area (Å²) in [6, 6.07) is 16.8. The van der Waals surface area contributed by atoms with Crippen LogP contribution in [0.3, 0.4) is 0 Å². The summed E-state index contributed by atoms with van der Waals surface area (Å²) in [6.45, 7) is 8.31. The van der Waals surface area contributed by atoms with Gasteiger partial charge in [-0.15, -0.1) is 0 Å². The molecule has 0 aliphatic carbocycles. The molecule has 5 nitrogen and oxygen atoms in total. The smallest absolute Gasteiger partial charge is 0.227 e. The summed E-state index contributed by atoms with van der Waals surface area (Å²) in [4.78, 5) is 18.7. The molecule has 2 aliphatic heterocycles. The molecule has 2 aliphatic rings. The lowest BCUT2D eigenvalue weighted by atomic mass is 10.0. The number of benzene rings is 2. The number of para-hydroxylation sites is 1. The summed E-state index contributed by atoms with van der Waals surface area (Å²) in [5, 5.41) is 0. The second-order valence-electron chi connectivity index (χ2n) is 8.28. The SMILES string of the molecule is CC(COc1ccc2c(c1)N(C)C(=O)CC2)CN1CCN(c2ccccc2)CC1. The van der Waals surface area contributed by atoms with Crippen LogP contribution < -0.4 is 14.5 Å².